The number of rotatable bonds is 4. The molecule has 0 aliphatic carbocycles. The van der Waals surface area contributed by atoms with Gasteiger partial charge in [-0.2, -0.15) is 5.26 Å². The minimum atomic E-state index is -0.374. The first-order valence-corrected chi connectivity index (χ1v) is 6.52. The highest BCUT2D eigenvalue weighted by Crippen LogP contribution is 2.26. The van der Waals surface area contributed by atoms with Crippen molar-refractivity contribution in [3.8, 4) is 11.8 Å². The second kappa shape index (κ2) is 6.12. The molecule has 1 unspecified atom stereocenters. The molecular weight excluding hydrogens is 248 g/mol. The molecule has 1 atom stereocenters. The number of benzene rings is 2. The first-order valence-electron chi connectivity index (χ1n) is 6.52. The molecule has 102 valence electrons. The van der Waals surface area contributed by atoms with Gasteiger partial charge in [-0.25, -0.2) is 0 Å². The van der Waals surface area contributed by atoms with E-state index in [0.29, 0.717) is 0 Å². The maximum absolute atomic E-state index is 9.41. The highest BCUT2D eigenvalue weighted by atomic mass is 16.5. The van der Waals surface area contributed by atoms with E-state index in [1.165, 1.54) is 0 Å². The van der Waals surface area contributed by atoms with Crippen molar-refractivity contribution in [3.63, 3.8) is 0 Å². The highest BCUT2D eigenvalue weighted by Gasteiger charge is 2.12. The fraction of sp³-hybridized carbons (Fsp3) is 0.235. The van der Waals surface area contributed by atoms with Crippen LogP contribution in [0, 0.1) is 25.2 Å². The fourth-order valence-electron chi connectivity index (χ4n) is 2.16. The molecule has 0 spiro atoms. The Balaban J connectivity index is 2.27. The van der Waals surface area contributed by atoms with Crippen molar-refractivity contribution in [2.24, 2.45) is 0 Å². The lowest BCUT2D eigenvalue weighted by atomic mass is 10.0. The van der Waals surface area contributed by atoms with Gasteiger partial charge in [0, 0.05) is 5.69 Å². The molecule has 0 aromatic heterocycles. The molecule has 0 fully saturated rings. The van der Waals surface area contributed by atoms with Crippen LogP contribution in [0.3, 0.4) is 0 Å². The van der Waals surface area contributed by atoms with Crippen LogP contribution in [-0.2, 0) is 0 Å². The summed E-state index contributed by atoms with van der Waals surface area (Å²) in [7, 11) is 1.65. The van der Waals surface area contributed by atoms with Gasteiger partial charge in [0.2, 0.25) is 0 Å². The van der Waals surface area contributed by atoms with E-state index in [9.17, 15) is 5.26 Å². The SMILES string of the molecule is COc1ccc(C(C#N)Nc2ccccc2C)cc1C. The molecule has 0 radical (unpaired) electrons. The molecule has 0 saturated carbocycles. The van der Waals surface area contributed by atoms with E-state index in [2.05, 4.69) is 11.4 Å². The molecule has 0 aliphatic heterocycles. The van der Waals surface area contributed by atoms with Crippen LogP contribution in [0.2, 0.25) is 0 Å². The highest BCUT2D eigenvalue weighted by molar-refractivity contribution is 5.53. The van der Waals surface area contributed by atoms with Crippen molar-refractivity contribution in [1.82, 2.24) is 0 Å². The third-order valence-corrected chi connectivity index (χ3v) is 3.33. The van der Waals surface area contributed by atoms with Gasteiger partial charge in [0.25, 0.3) is 0 Å². The molecule has 1 N–H and O–H groups in total. The third-order valence-electron chi connectivity index (χ3n) is 3.33. The number of hydrogen-bond acceptors (Lipinski definition) is 3. The average molecular weight is 266 g/mol. The molecule has 2 aromatic carbocycles. The van der Waals surface area contributed by atoms with Crippen LogP contribution in [0.15, 0.2) is 42.5 Å². The molecule has 20 heavy (non-hydrogen) atoms. The Morgan fingerprint density at radius 2 is 1.85 bits per heavy atom. The molecule has 3 heteroatoms. The maximum atomic E-state index is 9.41. The van der Waals surface area contributed by atoms with E-state index in [1.807, 2.05) is 56.3 Å². The molecule has 0 amide bonds. The van der Waals surface area contributed by atoms with Crippen molar-refractivity contribution in [2.45, 2.75) is 19.9 Å². The average Bonchev–Trinajstić information content (AvgIpc) is 2.46. The molecule has 0 saturated heterocycles. The van der Waals surface area contributed by atoms with Crippen LogP contribution in [0.4, 0.5) is 5.69 Å². The molecule has 0 aliphatic rings. The van der Waals surface area contributed by atoms with Gasteiger partial charge in [-0.15, -0.1) is 0 Å². The summed E-state index contributed by atoms with van der Waals surface area (Å²) in [5.74, 6) is 0.835. The van der Waals surface area contributed by atoms with Gasteiger partial charge in [0.15, 0.2) is 0 Å². The van der Waals surface area contributed by atoms with E-state index in [-0.39, 0.29) is 6.04 Å². The number of ether oxygens (including phenoxy) is 1. The molecule has 3 nitrogen and oxygen atoms in total. The van der Waals surface area contributed by atoms with Crippen LogP contribution < -0.4 is 10.1 Å². The van der Waals surface area contributed by atoms with Gasteiger partial charge in [0.05, 0.1) is 13.2 Å². The zero-order valence-corrected chi connectivity index (χ0v) is 12.0. The lowest BCUT2D eigenvalue weighted by molar-refractivity contribution is 0.411. The van der Waals surface area contributed by atoms with E-state index in [0.717, 1.165) is 28.1 Å². The minimum absolute atomic E-state index is 0.374. The Hall–Kier alpha value is -2.47. The Morgan fingerprint density at radius 3 is 2.45 bits per heavy atom. The number of nitrogens with zero attached hydrogens (tertiary/aromatic N) is 1. The van der Waals surface area contributed by atoms with Gasteiger partial charge in [-0.1, -0.05) is 24.3 Å². The normalized spacial score (nSPS) is 11.5. The van der Waals surface area contributed by atoms with Crippen LogP contribution in [0.5, 0.6) is 5.75 Å². The van der Waals surface area contributed by atoms with Crippen molar-refractivity contribution in [3.05, 3.63) is 59.2 Å². The summed E-state index contributed by atoms with van der Waals surface area (Å²) in [4.78, 5) is 0. The number of methoxy groups -OCH3 is 1. The maximum Gasteiger partial charge on any atom is 0.140 e. The quantitative estimate of drug-likeness (QED) is 0.910. The summed E-state index contributed by atoms with van der Waals surface area (Å²) in [5.41, 5.74) is 4.07. The van der Waals surface area contributed by atoms with Crippen LogP contribution in [0.25, 0.3) is 0 Å². The number of aryl methyl sites for hydroxylation is 2. The van der Waals surface area contributed by atoms with Gasteiger partial charge in [-0.05, 0) is 48.7 Å². The fourth-order valence-corrected chi connectivity index (χ4v) is 2.16. The van der Waals surface area contributed by atoms with E-state index >= 15 is 0 Å². The Labute approximate surface area is 119 Å². The Bertz CT molecular complexity index is 644. The second-order valence-corrected chi connectivity index (χ2v) is 4.75. The Morgan fingerprint density at radius 1 is 1.10 bits per heavy atom. The number of nitrogens with one attached hydrogen (secondary N) is 1. The van der Waals surface area contributed by atoms with Crippen LogP contribution >= 0.6 is 0 Å². The van der Waals surface area contributed by atoms with Gasteiger partial charge in [-0.3, -0.25) is 0 Å². The predicted molar refractivity (Wildman–Crippen MR) is 80.9 cm³/mol. The van der Waals surface area contributed by atoms with E-state index in [4.69, 9.17) is 4.74 Å². The monoisotopic (exact) mass is 266 g/mol. The van der Waals surface area contributed by atoms with E-state index in [1.54, 1.807) is 7.11 Å². The second-order valence-electron chi connectivity index (χ2n) is 4.75. The molecule has 2 aromatic rings. The third kappa shape index (κ3) is 2.92. The topological polar surface area (TPSA) is 45.0 Å². The summed E-state index contributed by atoms with van der Waals surface area (Å²) in [5, 5.41) is 12.7. The molecule has 2 rings (SSSR count). The predicted octanol–water partition coefficient (Wildman–Crippen LogP) is 3.99. The van der Waals surface area contributed by atoms with Crippen molar-refractivity contribution in [2.75, 3.05) is 12.4 Å². The lowest BCUT2D eigenvalue weighted by Crippen LogP contribution is -2.09. The summed E-state index contributed by atoms with van der Waals surface area (Å²) >= 11 is 0. The van der Waals surface area contributed by atoms with Crippen molar-refractivity contribution >= 4 is 5.69 Å². The minimum Gasteiger partial charge on any atom is -0.496 e. The largest absolute Gasteiger partial charge is 0.496 e. The van der Waals surface area contributed by atoms with Crippen LogP contribution in [0.1, 0.15) is 22.7 Å². The zero-order valence-electron chi connectivity index (χ0n) is 12.0. The van der Waals surface area contributed by atoms with E-state index < -0.39 is 0 Å². The summed E-state index contributed by atoms with van der Waals surface area (Å²) < 4.78 is 5.25. The summed E-state index contributed by atoms with van der Waals surface area (Å²) in [6.45, 7) is 4.00. The Kier molecular flexibility index (Phi) is 4.27. The van der Waals surface area contributed by atoms with Crippen molar-refractivity contribution in [1.29, 1.82) is 5.26 Å². The standard InChI is InChI=1S/C17H18N2O/c1-12-6-4-5-7-15(12)19-16(11-18)14-8-9-17(20-3)13(2)10-14/h4-10,16,19H,1-3H3. The first kappa shape index (κ1) is 14.0. The number of nitriles is 1. The first-order chi connectivity index (χ1) is 9.65. The molecular formula is C17H18N2O. The number of anilines is 1. The molecule has 0 bridgehead atoms. The molecule has 0 heterocycles. The number of para-hydroxylation sites is 1. The number of hydrogen-bond donors (Lipinski definition) is 1. The van der Waals surface area contributed by atoms with Gasteiger partial charge >= 0.3 is 0 Å². The smallest absolute Gasteiger partial charge is 0.140 e. The summed E-state index contributed by atoms with van der Waals surface area (Å²) in [6.07, 6.45) is 0. The summed E-state index contributed by atoms with van der Waals surface area (Å²) in [6, 6.07) is 15.7. The van der Waals surface area contributed by atoms with Gasteiger partial charge in [0.1, 0.15) is 11.8 Å². The van der Waals surface area contributed by atoms with Gasteiger partial charge < -0.3 is 10.1 Å². The van der Waals surface area contributed by atoms with Crippen molar-refractivity contribution < 1.29 is 4.74 Å². The lowest BCUT2D eigenvalue weighted by Gasteiger charge is -2.16. The van der Waals surface area contributed by atoms with Crippen LogP contribution in [-0.4, -0.2) is 7.11 Å². The zero-order chi connectivity index (χ0) is 14.5.